The van der Waals surface area contributed by atoms with Crippen molar-refractivity contribution in [1.29, 1.82) is 0 Å². The van der Waals surface area contributed by atoms with Gasteiger partial charge >= 0.3 is 0 Å². The predicted molar refractivity (Wildman–Crippen MR) is 105 cm³/mol. The number of aromatic nitrogens is 3. The zero-order valence-corrected chi connectivity index (χ0v) is 16.9. The highest BCUT2D eigenvalue weighted by Gasteiger charge is 2.23. The van der Waals surface area contributed by atoms with E-state index in [0.29, 0.717) is 18.7 Å². The molecule has 3 rings (SSSR count). The van der Waals surface area contributed by atoms with E-state index >= 15 is 0 Å². The van der Waals surface area contributed by atoms with Crippen LogP contribution in [0.25, 0.3) is 11.0 Å². The fourth-order valence-corrected chi connectivity index (χ4v) is 3.24. The predicted octanol–water partition coefficient (Wildman–Crippen LogP) is 2.69. The lowest BCUT2D eigenvalue weighted by Gasteiger charge is -2.24. The van der Waals surface area contributed by atoms with E-state index in [9.17, 15) is 4.79 Å². The van der Waals surface area contributed by atoms with Gasteiger partial charge in [-0.3, -0.25) is 9.48 Å². The first-order chi connectivity index (χ1) is 12.8. The summed E-state index contributed by atoms with van der Waals surface area (Å²) in [6, 6.07) is 5.70. The van der Waals surface area contributed by atoms with Crippen molar-refractivity contribution in [1.82, 2.24) is 24.6 Å². The maximum Gasteiger partial charge on any atom is 0.255 e. The molecule has 3 heterocycles. The summed E-state index contributed by atoms with van der Waals surface area (Å²) in [7, 11) is 5.85. The first-order valence-corrected chi connectivity index (χ1v) is 9.06. The van der Waals surface area contributed by atoms with Crippen LogP contribution in [-0.4, -0.2) is 57.7 Å². The van der Waals surface area contributed by atoms with Crippen LogP contribution in [0.2, 0.25) is 0 Å². The Labute approximate surface area is 159 Å². The van der Waals surface area contributed by atoms with E-state index in [1.54, 1.807) is 4.68 Å². The van der Waals surface area contributed by atoms with Gasteiger partial charge in [0.05, 0.1) is 23.2 Å². The zero-order valence-electron chi connectivity index (χ0n) is 16.9. The topological polar surface area (TPSA) is 67.4 Å². The molecule has 144 valence electrons. The number of likely N-dealkylation sites (N-methyl/N-ethyl adjacent to an activating group) is 1. The van der Waals surface area contributed by atoms with Gasteiger partial charge in [-0.2, -0.15) is 5.10 Å². The summed E-state index contributed by atoms with van der Waals surface area (Å²) in [5.41, 5.74) is 2.99. The molecular formula is C20H27N5O2. The SMILES string of the molecule is Cc1cc(C(=O)N(CCN(C)C)Cc2ccc(C)o2)c2c(C)nn(C)c2n1. The van der Waals surface area contributed by atoms with Crippen LogP contribution in [-0.2, 0) is 13.6 Å². The van der Waals surface area contributed by atoms with Crippen molar-refractivity contribution in [2.75, 3.05) is 27.2 Å². The maximum absolute atomic E-state index is 13.5. The molecule has 0 atom stereocenters. The van der Waals surface area contributed by atoms with Crippen molar-refractivity contribution in [2.45, 2.75) is 27.3 Å². The molecule has 0 aliphatic carbocycles. The van der Waals surface area contributed by atoms with Gasteiger partial charge in [0.15, 0.2) is 5.65 Å². The number of aryl methyl sites for hydroxylation is 4. The molecule has 0 aliphatic heterocycles. The normalized spacial score (nSPS) is 11.5. The fraction of sp³-hybridized carbons (Fsp3) is 0.450. The highest BCUT2D eigenvalue weighted by molar-refractivity contribution is 6.06. The Balaban J connectivity index is 2.01. The Kier molecular flexibility index (Phi) is 5.32. The van der Waals surface area contributed by atoms with Gasteiger partial charge in [0.25, 0.3) is 5.91 Å². The molecule has 0 bridgehead atoms. The van der Waals surface area contributed by atoms with Crippen LogP contribution in [0.1, 0.15) is 33.3 Å². The quantitative estimate of drug-likeness (QED) is 0.668. The van der Waals surface area contributed by atoms with Gasteiger partial charge in [-0.1, -0.05) is 0 Å². The largest absolute Gasteiger partial charge is 0.464 e. The van der Waals surface area contributed by atoms with E-state index in [1.165, 1.54) is 0 Å². The minimum Gasteiger partial charge on any atom is -0.464 e. The molecular weight excluding hydrogens is 342 g/mol. The molecule has 7 heteroatoms. The van der Waals surface area contributed by atoms with Gasteiger partial charge in [-0.15, -0.1) is 0 Å². The number of rotatable bonds is 6. The molecule has 0 aromatic carbocycles. The first-order valence-electron chi connectivity index (χ1n) is 9.06. The number of fused-ring (bicyclic) bond motifs is 1. The molecule has 0 fully saturated rings. The van der Waals surface area contributed by atoms with E-state index in [2.05, 4.69) is 15.0 Å². The van der Waals surface area contributed by atoms with Crippen LogP contribution in [0.4, 0.5) is 0 Å². The summed E-state index contributed by atoms with van der Waals surface area (Å²) < 4.78 is 7.44. The number of carbonyl (C=O) groups is 1. The molecule has 0 saturated heterocycles. The number of hydrogen-bond donors (Lipinski definition) is 0. The summed E-state index contributed by atoms with van der Waals surface area (Å²) in [4.78, 5) is 22.0. The summed E-state index contributed by atoms with van der Waals surface area (Å²) in [6.45, 7) is 7.53. The molecule has 3 aromatic heterocycles. The van der Waals surface area contributed by atoms with Crippen LogP contribution >= 0.6 is 0 Å². The van der Waals surface area contributed by atoms with Crippen molar-refractivity contribution in [3.8, 4) is 0 Å². The molecule has 0 unspecified atom stereocenters. The second kappa shape index (κ2) is 7.52. The summed E-state index contributed by atoms with van der Waals surface area (Å²) >= 11 is 0. The number of amides is 1. The molecule has 3 aromatic rings. The fourth-order valence-electron chi connectivity index (χ4n) is 3.24. The van der Waals surface area contributed by atoms with Crippen molar-refractivity contribution in [3.05, 3.63) is 46.7 Å². The summed E-state index contributed by atoms with van der Waals surface area (Å²) in [5.74, 6) is 1.59. The van der Waals surface area contributed by atoms with Gasteiger partial charge in [0, 0.05) is 25.8 Å². The third kappa shape index (κ3) is 4.03. The van der Waals surface area contributed by atoms with E-state index < -0.39 is 0 Å². The maximum atomic E-state index is 13.5. The Morgan fingerprint density at radius 3 is 2.56 bits per heavy atom. The Morgan fingerprint density at radius 1 is 1.19 bits per heavy atom. The summed E-state index contributed by atoms with van der Waals surface area (Å²) in [6.07, 6.45) is 0. The van der Waals surface area contributed by atoms with Gasteiger partial charge in [-0.05, 0) is 53.1 Å². The summed E-state index contributed by atoms with van der Waals surface area (Å²) in [5, 5.41) is 5.27. The molecule has 1 amide bonds. The van der Waals surface area contributed by atoms with Crippen LogP contribution in [0.15, 0.2) is 22.6 Å². The average molecular weight is 369 g/mol. The number of furan rings is 1. The lowest BCUT2D eigenvalue weighted by molar-refractivity contribution is 0.0721. The standard InChI is InChI=1S/C20H27N5O2/c1-13-11-17(18-15(3)22-24(6)19(18)21-13)20(26)25(10-9-23(4)5)12-16-8-7-14(2)27-16/h7-8,11H,9-10,12H2,1-6H3. The van der Waals surface area contributed by atoms with E-state index in [0.717, 1.165) is 40.5 Å². The van der Waals surface area contributed by atoms with E-state index in [-0.39, 0.29) is 5.91 Å². The van der Waals surface area contributed by atoms with Crippen molar-refractivity contribution < 1.29 is 9.21 Å². The Morgan fingerprint density at radius 2 is 1.93 bits per heavy atom. The van der Waals surface area contributed by atoms with Crippen LogP contribution in [0.3, 0.4) is 0 Å². The highest BCUT2D eigenvalue weighted by Crippen LogP contribution is 2.24. The number of pyridine rings is 1. The lowest BCUT2D eigenvalue weighted by atomic mass is 10.1. The third-order valence-corrected chi connectivity index (χ3v) is 4.57. The monoisotopic (exact) mass is 369 g/mol. The molecule has 0 aliphatic rings. The van der Waals surface area contributed by atoms with Gasteiger partial charge in [-0.25, -0.2) is 4.98 Å². The second-order valence-corrected chi connectivity index (χ2v) is 7.26. The second-order valence-electron chi connectivity index (χ2n) is 7.26. The minimum atomic E-state index is -0.0301. The molecule has 0 saturated carbocycles. The number of carbonyl (C=O) groups excluding carboxylic acids is 1. The van der Waals surface area contributed by atoms with E-state index in [1.807, 2.05) is 65.0 Å². The van der Waals surface area contributed by atoms with Crippen LogP contribution in [0, 0.1) is 20.8 Å². The van der Waals surface area contributed by atoms with Crippen molar-refractivity contribution >= 4 is 16.9 Å². The van der Waals surface area contributed by atoms with Gasteiger partial charge in [0.1, 0.15) is 11.5 Å². The minimum absolute atomic E-state index is 0.0301. The van der Waals surface area contributed by atoms with Crippen LogP contribution in [0.5, 0.6) is 0 Å². The smallest absolute Gasteiger partial charge is 0.255 e. The van der Waals surface area contributed by atoms with E-state index in [4.69, 9.17) is 4.42 Å². The van der Waals surface area contributed by atoms with Crippen molar-refractivity contribution in [3.63, 3.8) is 0 Å². The lowest BCUT2D eigenvalue weighted by Crippen LogP contribution is -2.36. The van der Waals surface area contributed by atoms with Gasteiger partial charge < -0.3 is 14.2 Å². The Hall–Kier alpha value is -2.67. The molecule has 0 spiro atoms. The molecule has 27 heavy (non-hydrogen) atoms. The number of hydrogen-bond acceptors (Lipinski definition) is 5. The van der Waals surface area contributed by atoms with Crippen molar-refractivity contribution in [2.24, 2.45) is 7.05 Å². The number of nitrogens with zero attached hydrogens (tertiary/aromatic N) is 5. The third-order valence-electron chi connectivity index (χ3n) is 4.57. The Bertz CT molecular complexity index is 970. The van der Waals surface area contributed by atoms with Gasteiger partial charge in [0.2, 0.25) is 0 Å². The average Bonchev–Trinajstić information content (AvgIpc) is 3.13. The molecule has 0 radical (unpaired) electrons. The first kappa shape index (κ1) is 19.1. The zero-order chi connectivity index (χ0) is 19.7. The molecule has 0 N–H and O–H groups in total. The van der Waals surface area contributed by atoms with Crippen LogP contribution < -0.4 is 0 Å². The molecule has 7 nitrogen and oxygen atoms in total. The highest BCUT2D eigenvalue weighted by atomic mass is 16.3.